The van der Waals surface area contributed by atoms with E-state index in [0.29, 0.717) is 19.7 Å². The average molecular weight is 491 g/mol. The quantitative estimate of drug-likeness (QED) is 0.422. The second-order valence-corrected chi connectivity index (χ2v) is 8.66. The zero-order valence-electron chi connectivity index (χ0n) is 20.7. The van der Waals surface area contributed by atoms with Gasteiger partial charge in [-0.2, -0.15) is 0 Å². The van der Waals surface area contributed by atoms with Crippen molar-refractivity contribution >= 4 is 23.5 Å². The summed E-state index contributed by atoms with van der Waals surface area (Å²) in [7, 11) is 0. The number of carbonyl (C=O) groups is 1. The molecule has 10 nitrogen and oxygen atoms in total. The second kappa shape index (κ2) is 10.4. The first kappa shape index (κ1) is 23.8. The molecular weight excluding hydrogens is 460 g/mol. The molecule has 0 aliphatic carbocycles. The van der Waals surface area contributed by atoms with Gasteiger partial charge >= 0.3 is 0 Å². The van der Waals surface area contributed by atoms with Crippen molar-refractivity contribution in [1.82, 2.24) is 25.0 Å². The van der Waals surface area contributed by atoms with Crippen LogP contribution in [0, 0.1) is 13.8 Å². The lowest BCUT2D eigenvalue weighted by molar-refractivity contribution is -0.128. The number of carbonyl (C=O) groups excluding carboxylic acids is 1. The Morgan fingerprint density at radius 1 is 1.19 bits per heavy atom. The lowest BCUT2D eigenvalue weighted by Crippen LogP contribution is -2.45. The number of nitrogens with zero attached hydrogens (tertiary/aromatic N) is 5. The van der Waals surface area contributed by atoms with E-state index in [1.165, 1.54) is 0 Å². The van der Waals surface area contributed by atoms with E-state index in [4.69, 9.17) is 14.2 Å². The van der Waals surface area contributed by atoms with Crippen molar-refractivity contribution in [3.8, 4) is 16.9 Å². The molecule has 1 aromatic carbocycles. The number of pyridine rings is 1. The second-order valence-electron chi connectivity index (χ2n) is 8.66. The molecular formula is C26H30N6O4. The molecule has 0 bridgehead atoms. The van der Waals surface area contributed by atoms with Crippen LogP contribution in [0.15, 0.2) is 41.1 Å². The highest BCUT2D eigenvalue weighted by Crippen LogP contribution is 2.45. The lowest BCUT2D eigenvalue weighted by atomic mass is 10.0. The minimum atomic E-state index is -0.0384. The largest absolute Gasteiger partial charge is 0.488 e. The molecule has 0 unspecified atom stereocenters. The van der Waals surface area contributed by atoms with Gasteiger partial charge in [-0.1, -0.05) is 11.2 Å². The van der Waals surface area contributed by atoms with Crippen LogP contribution in [0.25, 0.3) is 22.2 Å². The summed E-state index contributed by atoms with van der Waals surface area (Å²) in [5.74, 6) is 2.61. The summed E-state index contributed by atoms with van der Waals surface area (Å²) in [6, 6.07) is 10.1. The number of piperazine rings is 1. The van der Waals surface area contributed by atoms with E-state index in [9.17, 15) is 4.79 Å². The van der Waals surface area contributed by atoms with E-state index in [2.05, 4.69) is 47.9 Å². The van der Waals surface area contributed by atoms with Crippen molar-refractivity contribution in [2.45, 2.75) is 26.8 Å². The van der Waals surface area contributed by atoms with Crippen LogP contribution in [0.4, 0.5) is 5.95 Å². The number of nitrogens with one attached hydrogen (secondary N) is 1. The number of aryl methyl sites for hydroxylation is 2. The molecule has 3 aromatic heterocycles. The Balaban J connectivity index is 0.000000489. The van der Waals surface area contributed by atoms with Crippen molar-refractivity contribution in [2.75, 3.05) is 44.3 Å². The number of ether oxygens (including phenoxy) is 2. The number of anilines is 1. The highest BCUT2D eigenvalue weighted by atomic mass is 16.5. The smallest absolute Gasteiger partial charge is 0.293 e. The highest BCUT2D eigenvalue weighted by molar-refractivity contribution is 5.94. The average Bonchev–Trinajstić information content (AvgIpc) is 3.47. The molecule has 188 valence electrons. The molecule has 2 aliphatic heterocycles. The molecule has 1 atom stereocenters. The predicted octanol–water partition coefficient (Wildman–Crippen LogP) is 3.27. The maximum atomic E-state index is 9.18. The number of imidazole rings is 1. The fourth-order valence-electron chi connectivity index (χ4n) is 4.83. The van der Waals surface area contributed by atoms with Gasteiger partial charge in [0.1, 0.15) is 23.9 Å². The van der Waals surface area contributed by atoms with Crippen LogP contribution < -0.4 is 15.0 Å². The lowest BCUT2D eigenvalue weighted by Gasteiger charge is -2.33. The minimum Gasteiger partial charge on any atom is -0.488 e. The summed E-state index contributed by atoms with van der Waals surface area (Å²) in [5.41, 5.74) is 5.76. The fourth-order valence-corrected chi connectivity index (χ4v) is 4.83. The van der Waals surface area contributed by atoms with Crippen molar-refractivity contribution in [1.29, 1.82) is 0 Å². The maximum absolute atomic E-state index is 9.18. The molecule has 2 aliphatic rings. The number of hydrogen-bond donors (Lipinski definition) is 1. The van der Waals surface area contributed by atoms with Gasteiger partial charge in [0.2, 0.25) is 5.95 Å². The zero-order chi connectivity index (χ0) is 25.1. The monoisotopic (exact) mass is 490 g/mol. The first-order chi connectivity index (χ1) is 17.6. The number of benzene rings is 1. The minimum absolute atomic E-state index is 0.0384. The van der Waals surface area contributed by atoms with Crippen LogP contribution in [-0.2, 0) is 9.53 Å². The molecule has 4 aromatic rings. The van der Waals surface area contributed by atoms with E-state index < -0.39 is 0 Å². The first-order valence-corrected chi connectivity index (χ1v) is 12.2. The predicted molar refractivity (Wildman–Crippen MR) is 135 cm³/mol. The van der Waals surface area contributed by atoms with Gasteiger partial charge < -0.3 is 24.2 Å². The third kappa shape index (κ3) is 4.28. The summed E-state index contributed by atoms with van der Waals surface area (Å²) in [5, 5.41) is 7.58. The molecule has 0 radical (unpaired) electrons. The third-order valence-electron chi connectivity index (χ3n) is 6.45. The van der Waals surface area contributed by atoms with Gasteiger partial charge in [-0.05, 0) is 45.0 Å². The van der Waals surface area contributed by atoms with E-state index >= 15 is 0 Å². The third-order valence-corrected chi connectivity index (χ3v) is 6.45. The van der Waals surface area contributed by atoms with Crippen molar-refractivity contribution in [3.63, 3.8) is 0 Å². The van der Waals surface area contributed by atoms with Gasteiger partial charge in [0.15, 0.2) is 5.75 Å². The Morgan fingerprint density at radius 2 is 2.03 bits per heavy atom. The molecule has 0 amide bonds. The molecule has 10 heteroatoms. The van der Waals surface area contributed by atoms with Gasteiger partial charge in [-0.25, -0.2) is 4.98 Å². The van der Waals surface area contributed by atoms with Crippen LogP contribution in [0.1, 0.15) is 30.1 Å². The summed E-state index contributed by atoms with van der Waals surface area (Å²) in [6.45, 7) is 10.8. The molecule has 1 fully saturated rings. The normalized spacial score (nSPS) is 16.8. The number of aromatic nitrogens is 4. The highest BCUT2D eigenvalue weighted by Gasteiger charge is 2.33. The van der Waals surface area contributed by atoms with Gasteiger partial charge in [0.25, 0.3) is 6.47 Å². The Labute approximate surface area is 209 Å². The van der Waals surface area contributed by atoms with Crippen LogP contribution in [-0.4, -0.2) is 65.6 Å². The zero-order valence-corrected chi connectivity index (χ0v) is 20.7. The topological polar surface area (TPSA) is 108 Å². The van der Waals surface area contributed by atoms with Crippen LogP contribution in [0.3, 0.4) is 0 Å². The molecule has 0 spiro atoms. The SMILES string of the molecule is CCOC=O.Cc1noc(C)c1-c1ccc2nc(N3CCNCC3)n3c2c1OC[C@@H]3c1ccccn1. The van der Waals surface area contributed by atoms with E-state index in [0.717, 1.165) is 77.2 Å². The van der Waals surface area contributed by atoms with Gasteiger partial charge in [0, 0.05) is 37.9 Å². The molecule has 1 N–H and O–H groups in total. The van der Waals surface area contributed by atoms with Crippen LogP contribution >= 0.6 is 0 Å². The van der Waals surface area contributed by atoms with Crippen LogP contribution in [0.5, 0.6) is 5.75 Å². The van der Waals surface area contributed by atoms with Crippen molar-refractivity contribution in [2.24, 2.45) is 0 Å². The standard InChI is InChI=1S/C23H24N6O2.C3H6O2/c1-14-20(15(2)31-27-14)16-6-7-18-21-22(16)30-13-19(17-5-3-4-8-25-17)29(21)23(26-18)28-11-9-24-10-12-28;1-2-5-3-4/h3-8,19,24H,9-13H2,1-2H3;3H,2H2,1H3/t19-;/m1./s1. The van der Waals surface area contributed by atoms with Gasteiger partial charge in [0.05, 0.1) is 29.1 Å². The maximum Gasteiger partial charge on any atom is 0.293 e. The Hall–Kier alpha value is -3.92. The molecule has 6 rings (SSSR count). The number of rotatable bonds is 5. The molecule has 0 saturated carbocycles. The molecule has 1 saturated heterocycles. The van der Waals surface area contributed by atoms with E-state index in [1.807, 2.05) is 32.2 Å². The van der Waals surface area contributed by atoms with Crippen molar-refractivity contribution < 1.29 is 18.8 Å². The summed E-state index contributed by atoms with van der Waals surface area (Å²) in [4.78, 5) is 21.3. The summed E-state index contributed by atoms with van der Waals surface area (Å²) in [6.07, 6.45) is 1.84. The van der Waals surface area contributed by atoms with E-state index in [-0.39, 0.29) is 6.04 Å². The molecule has 5 heterocycles. The fraction of sp³-hybridized carbons (Fsp3) is 0.385. The van der Waals surface area contributed by atoms with Gasteiger partial charge in [-0.3, -0.25) is 14.3 Å². The summed E-state index contributed by atoms with van der Waals surface area (Å²) >= 11 is 0. The van der Waals surface area contributed by atoms with E-state index in [1.54, 1.807) is 6.92 Å². The van der Waals surface area contributed by atoms with Crippen LogP contribution in [0.2, 0.25) is 0 Å². The number of hydrogen-bond acceptors (Lipinski definition) is 9. The van der Waals surface area contributed by atoms with Crippen molar-refractivity contribution in [3.05, 3.63) is 53.7 Å². The Bertz CT molecular complexity index is 1320. The summed E-state index contributed by atoms with van der Waals surface area (Å²) < 4.78 is 18.3. The van der Waals surface area contributed by atoms with Gasteiger partial charge in [-0.15, -0.1) is 0 Å². The Morgan fingerprint density at radius 3 is 2.67 bits per heavy atom. The molecule has 36 heavy (non-hydrogen) atoms. The Kier molecular flexibility index (Phi) is 6.86. The first-order valence-electron chi connectivity index (χ1n) is 12.2.